The van der Waals surface area contributed by atoms with E-state index in [0.29, 0.717) is 21.1 Å². The second-order valence-corrected chi connectivity index (χ2v) is 12.4. The average Bonchev–Trinajstić information content (AvgIpc) is 3.84. The lowest BCUT2D eigenvalue weighted by atomic mass is 10.0. The van der Waals surface area contributed by atoms with Crippen molar-refractivity contribution < 1.29 is 28.2 Å². The Morgan fingerprint density at radius 2 is 1.76 bits per heavy atom. The number of hydrogen-bond acceptors (Lipinski definition) is 7. The molecule has 3 aromatic rings. The zero-order chi connectivity index (χ0) is 33.3. The number of esters is 1. The van der Waals surface area contributed by atoms with Gasteiger partial charge in [0.25, 0.3) is 5.91 Å². The molecule has 2 N–H and O–H groups in total. The van der Waals surface area contributed by atoms with E-state index in [4.69, 9.17) is 32.7 Å². The van der Waals surface area contributed by atoms with Crippen LogP contribution in [0.5, 0.6) is 5.75 Å². The van der Waals surface area contributed by atoms with Crippen molar-refractivity contribution in [3.8, 4) is 5.75 Å². The van der Waals surface area contributed by atoms with Gasteiger partial charge in [-0.05, 0) is 57.4 Å². The molecule has 46 heavy (non-hydrogen) atoms. The van der Waals surface area contributed by atoms with E-state index in [1.807, 2.05) is 18.4 Å². The topological polar surface area (TPSA) is 122 Å². The van der Waals surface area contributed by atoms with E-state index >= 15 is 4.39 Å². The molecule has 5 rings (SSSR count). The molecule has 246 valence electrons. The van der Waals surface area contributed by atoms with Gasteiger partial charge in [-0.15, -0.1) is 0 Å². The van der Waals surface area contributed by atoms with E-state index in [0.717, 1.165) is 18.9 Å². The molecule has 11 nitrogen and oxygen atoms in total. The molecule has 3 amide bonds. The number of carbonyl (C=O) groups excluding carboxylic acids is 3. The number of rotatable bonds is 9. The number of carbonyl (C=O) groups is 3. The van der Waals surface area contributed by atoms with Gasteiger partial charge in [0, 0.05) is 54.0 Å². The lowest BCUT2D eigenvalue weighted by molar-refractivity contribution is -0.141. The summed E-state index contributed by atoms with van der Waals surface area (Å²) in [6.45, 7) is 5.89. The number of methoxy groups -OCH3 is 1. The van der Waals surface area contributed by atoms with Gasteiger partial charge < -0.3 is 34.5 Å². The van der Waals surface area contributed by atoms with Crippen LogP contribution in [0.15, 0.2) is 35.3 Å². The summed E-state index contributed by atoms with van der Waals surface area (Å²) < 4.78 is 28.6. The molecule has 2 fully saturated rings. The summed E-state index contributed by atoms with van der Waals surface area (Å²) in [7, 11) is 1.42. The summed E-state index contributed by atoms with van der Waals surface area (Å²) in [6, 6.07) is 4.92. The van der Waals surface area contributed by atoms with Crippen molar-refractivity contribution >= 4 is 57.7 Å². The number of piperazine rings is 1. The first kappa shape index (κ1) is 33.3. The molecule has 2 heterocycles. The van der Waals surface area contributed by atoms with Gasteiger partial charge in [0.2, 0.25) is 5.43 Å². The molecule has 2 unspecified atom stereocenters. The number of anilines is 1. The fourth-order valence-corrected chi connectivity index (χ4v) is 6.50. The van der Waals surface area contributed by atoms with Gasteiger partial charge in [0.05, 0.1) is 24.6 Å². The average molecular weight is 677 g/mol. The number of ether oxygens (including phenoxy) is 2. The predicted octanol–water partition coefficient (Wildman–Crippen LogP) is 4.89. The third-order valence-electron chi connectivity index (χ3n) is 8.20. The molecule has 0 spiro atoms. The SMILES string of the molecule is CCOC(=O)CNC(=O)N1C(C)CN(c2c(F)cc3c(=O)c(C(=O)NCc4ccc(Cl)cc4Cl)cn(C4CC4)c3c2OC)CC1C. The highest BCUT2D eigenvalue weighted by Gasteiger charge is 2.37. The van der Waals surface area contributed by atoms with E-state index < -0.39 is 29.2 Å². The van der Waals surface area contributed by atoms with E-state index in [1.165, 1.54) is 13.3 Å². The van der Waals surface area contributed by atoms with Crippen LogP contribution < -0.4 is 25.7 Å². The van der Waals surface area contributed by atoms with Gasteiger partial charge in [0.1, 0.15) is 17.8 Å². The molecule has 0 radical (unpaired) electrons. The largest absolute Gasteiger partial charge is 0.492 e. The number of fused-ring (bicyclic) bond motifs is 1. The lowest BCUT2D eigenvalue weighted by Gasteiger charge is -2.45. The second kappa shape index (κ2) is 13.8. The molecule has 1 saturated carbocycles. The summed E-state index contributed by atoms with van der Waals surface area (Å²) >= 11 is 12.2. The first-order chi connectivity index (χ1) is 21.9. The van der Waals surface area contributed by atoms with Crippen LogP contribution in [-0.2, 0) is 16.1 Å². The van der Waals surface area contributed by atoms with E-state index in [2.05, 4.69) is 10.6 Å². The van der Waals surface area contributed by atoms with E-state index in [1.54, 1.807) is 34.9 Å². The molecule has 2 aliphatic rings. The van der Waals surface area contributed by atoms with Crippen LogP contribution >= 0.6 is 23.2 Å². The van der Waals surface area contributed by atoms with Crippen LogP contribution in [0, 0.1) is 5.82 Å². The molecule has 2 aromatic carbocycles. The maximum atomic E-state index is 16.1. The van der Waals surface area contributed by atoms with Crippen molar-refractivity contribution in [3.05, 3.63) is 67.7 Å². The quantitative estimate of drug-likeness (QED) is 0.310. The van der Waals surface area contributed by atoms with E-state index in [9.17, 15) is 19.2 Å². The minimum Gasteiger partial charge on any atom is -0.492 e. The lowest BCUT2D eigenvalue weighted by Crippen LogP contribution is -2.61. The van der Waals surface area contributed by atoms with Gasteiger partial charge in [-0.25, -0.2) is 9.18 Å². The summed E-state index contributed by atoms with van der Waals surface area (Å²) in [4.78, 5) is 55.1. The summed E-state index contributed by atoms with van der Waals surface area (Å²) in [5.41, 5.74) is 0.450. The fraction of sp³-hybridized carbons (Fsp3) is 0.438. The van der Waals surface area contributed by atoms with Crippen LogP contribution in [0.25, 0.3) is 10.9 Å². The molecular formula is C32H36Cl2FN5O6. The van der Waals surface area contributed by atoms with Crippen molar-refractivity contribution in [2.24, 2.45) is 0 Å². The molecule has 1 aromatic heterocycles. The molecule has 0 bridgehead atoms. The molecule has 1 aliphatic carbocycles. The number of aromatic nitrogens is 1. The van der Waals surface area contributed by atoms with Crippen molar-refractivity contribution in [1.82, 2.24) is 20.1 Å². The Bertz CT molecular complexity index is 1730. The van der Waals surface area contributed by atoms with Crippen LogP contribution in [0.3, 0.4) is 0 Å². The summed E-state index contributed by atoms with van der Waals surface area (Å²) in [6.07, 6.45) is 3.16. The number of benzene rings is 2. The van der Waals surface area contributed by atoms with Crippen molar-refractivity contribution in [1.29, 1.82) is 0 Å². The molecular weight excluding hydrogens is 640 g/mol. The number of urea groups is 1. The predicted molar refractivity (Wildman–Crippen MR) is 174 cm³/mol. The Hall–Kier alpha value is -4.03. The number of amides is 3. The van der Waals surface area contributed by atoms with Crippen LogP contribution in [0.4, 0.5) is 14.9 Å². The highest BCUT2D eigenvalue weighted by molar-refractivity contribution is 6.35. The Labute approximate surface area is 275 Å². The molecule has 1 saturated heterocycles. The summed E-state index contributed by atoms with van der Waals surface area (Å²) in [5.74, 6) is -1.66. The zero-order valence-electron chi connectivity index (χ0n) is 26.0. The molecule has 1 aliphatic heterocycles. The maximum Gasteiger partial charge on any atom is 0.325 e. The third kappa shape index (κ3) is 6.73. The van der Waals surface area contributed by atoms with Crippen molar-refractivity contribution in [3.63, 3.8) is 0 Å². The number of nitrogens with zero attached hydrogens (tertiary/aromatic N) is 3. The van der Waals surface area contributed by atoms with Gasteiger partial charge in [-0.3, -0.25) is 14.4 Å². The Morgan fingerprint density at radius 1 is 1.07 bits per heavy atom. The standard InChI is InChI=1S/C32H36Cl2FN5O6/c1-5-46-26(41)13-37-32(44)40-17(2)14-38(15-18(40)3)28-25(35)11-22-27(30(28)45-4)39(21-8-9-21)16-23(29(22)42)31(43)36-12-19-6-7-20(33)10-24(19)34/h6-7,10-11,16-18,21H,5,8-9,12-15H2,1-4H3,(H,36,43)(H,37,44). The first-order valence-corrected chi connectivity index (χ1v) is 15.8. The van der Waals surface area contributed by atoms with Crippen molar-refractivity contribution in [2.45, 2.75) is 58.3 Å². The van der Waals surface area contributed by atoms with Crippen LogP contribution in [0.2, 0.25) is 10.0 Å². The van der Waals surface area contributed by atoms with Gasteiger partial charge in [-0.1, -0.05) is 29.3 Å². The van der Waals surface area contributed by atoms with Crippen LogP contribution in [-0.4, -0.2) is 72.8 Å². The zero-order valence-corrected chi connectivity index (χ0v) is 27.5. The minimum atomic E-state index is -0.686. The van der Waals surface area contributed by atoms with E-state index in [-0.39, 0.29) is 73.3 Å². The maximum absolute atomic E-state index is 16.1. The molecule has 14 heteroatoms. The second-order valence-electron chi connectivity index (χ2n) is 11.5. The van der Waals surface area contributed by atoms with Gasteiger partial charge in [-0.2, -0.15) is 0 Å². The van der Waals surface area contributed by atoms with Gasteiger partial charge in [0.15, 0.2) is 11.6 Å². The van der Waals surface area contributed by atoms with Crippen LogP contribution in [0.1, 0.15) is 55.6 Å². The fourth-order valence-electron chi connectivity index (χ4n) is 6.03. The summed E-state index contributed by atoms with van der Waals surface area (Å²) in [5, 5.41) is 6.20. The highest BCUT2D eigenvalue weighted by Crippen LogP contribution is 2.44. The third-order valence-corrected chi connectivity index (χ3v) is 8.79. The Balaban J connectivity index is 1.46. The number of hydrogen-bond donors (Lipinski definition) is 2. The smallest absolute Gasteiger partial charge is 0.325 e. The first-order valence-electron chi connectivity index (χ1n) is 15.1. The highest BCUT2D eigenvalue weighted by atomic mass is 35.5. The number of pyridine rings is 1. The Kier molecular flexibility index (Phi) is 9.97. The monoisotopic (exact) mass is 675 g/mol. The normalized spacial score (nSPS) is 18.0. The minimum absolute atomic E-state index is 0.00496. The van der Waals surface area contributed by atoms with Crippen molar-refractivity contribution in [2.75, 3.05) is 38.3 Å². The number of halogens is 3. The Morgan fingerprint density at radius 3 is 2.37 bits per heavy atom. The van der Waals surface area contributed by atoms with Gasteiger partial charge >= 0.3 is 12.0 Å². The number of nitrogens with one attached hydrogen (secondary N) is 2. The molecule has 2 atom stereocenters.